The van der Waals surface area contributed by atoms with E-state index in [1.165, 1.54) is 32.1 Å². The number of aryl methyl sites for hydroxylation is 1. The standard InChI is InChI=1S/C10H16N2O/c1-12-7-9(10(13)11-12)8-5-3-2-4-6-8/h7-8H,2-6H2,1H3,(H,11,13). The summed E-state index contributed by atoms with van der Waals surface area (Å²) in [7, 11) is 1.87. The summed E-state index contributed by atoms with van der Waals surface area (Å²) in [5.41, 5.74) is 1.09. The Bertz CT molecular complexity index is 331. The van der Waals surface area contributed by atoms with Gasteiger partial charge < -0.3 is 0 Å². The third-order valence-electron chi connectivity index (χ3n) is 2.92. The van der Waals surface area contributed by atoms with Gasteiger partial charge in [-0.1, -0.05) is 19.3 Å². The monoisotopic (exact) mass is 180 g/mol. The van der Waals surface area contributed by atoms with Gasteiger partial charge in [0.1, 0.15) is 0 Å². The highest BCUT2D eigenvalue weighted by Crippen LogP contribution is 2.30. The second kappa shape index (κ2) is 3.40. The van der Waals surface area contributed by atoms with E-state index in [4.69, 9.17) is 0 Å². The second-order valence-electron chi connectivity index (χ2n) is 3.97. The van der Waals surface area contributed by atoms with Crippen LogP contribution in [0.2, 0.25) is 0 Å². The normalized spacial score (nSPS) is 19.2. The zero-order valence-electron chi connectivity index (χ0n) is 8.05. The molecule has 72 valence electrons. The molecule has 13 heavy (non-hydrogen) atoms. The van der Waals surface area contributed by atoms with Crippen LogP contribution < -0.4 is 5.56 Å². The lowest BCUT2D eigenvalue weighted by molar-refractivity contribution is 0.442. The van der Waals surface area contributed by atoms with Gasteiger partial charge >= 0.3 is 0 Å². The van der Waals surface area contributed by atoms with Crippen LogP contribution in [0.15, 0.2) is 11.0 Å². The van der Waals surface area contributed by atoms with Crippen molar-refractivity contribution in [3.63, 3.8) is 0 Å². The molecule has 1 aliphatic carbocycles. The minimum Gasteiger partial charge on any atom is -0.295 e. The molecule has 1 aromatic rings. The number of aromatic amines is 1. The Morgan fingerprint density at radius 2 is 2.08 bits per heavy atom. The van der Waals surface area contributed by atoms with Gasteiger partial charge in [0.15, 0.2) is 0 Å². The third-order valence-corrected chi connectivity index (χ3v) is 2.92. The first-order valence-electron chi connectivity index (χ1n) is 5.03. The van der Waals surface area contributed by atoms with Gasteiger partial charge in [0.25, 0.3) is 5.56 Å². The summed E-state index contributed by atoms with van der Waals surface area (Å²) in [4.78, 5) is 11.5. The minimum absolute atomic E-state index is 0.106. The van der Waals surface area contributed by atoms with E-state index in [-0.39, 0.29) is 5.56 Å². The van der Waals surface area contributed by atoms with Gasteiger partial charge in [-0.05, 0) is 18.8 Å². The smallest absolute Gasteiger partial charge is 0.267 e. The topological polar surface area (TPSA) is 37.8 Å². The zero-order chi connectivity index (χ0) is 9.26. The third kappa shape index (κ3) is 1.69. The van der Waals surface area contributed by atoms with E-state index in [1.54, 1.807) is 4.68 Å². The summed E-state index contributed by atoms with van der Waals surface area (Å²) in [5, 5.41) is 2.77. The van der Waals surface area contributed by atoms with E-state index in [0.717, 1.165) is 5.56 Å². The number of hydrogen-bond acceptors (Lipinski definition) is 1. The maximum Gasteiger partial charge on any atom is 0.267 e. The SMILES string of the molecule is Cn1cc(C2CCCCC2)c(=O)[nH]1. The van der Waals surface area contributed by atoms with E-state index in [1.807, 2.05) is 13.2 Å². The summed E-state index contributed by atoms with van der Waals surface area (Å²) in [6.07, 6.45) is 8.21. The highest BCUT2D eigenvalue weighted by Gasteiger charge is 2.18. The van der Waals surface area contributed by atoms with Crippen molar-refractivity contribution >= 4 is 0 Å². The fourth-order valence-electron chi connectivity index (χ4n) is 2.23. The number of aromatic nitrogens is 2. The van der Waals surface area contributed by atoms with Gasteiger partial charge in [-0.15, -0.1) is 0 Å². The number of hydrogen-bond donors (Lipinski definition) is 1. The summed E-state index contributed by atoms with van der Waals surface area (Å²) in [5.74, 6) is 0.513. The predicted molar refractivity (Wildman–Crippen MR) is 51.9 cm³/mol. The van der Waals surface area contributed by atoms with Gasteiger partial charge in [0.2, 0.25) is 0 Å². The van der Waals surface area contributed by atoms with Crippen molar-refractivity contribution in [2.24, 2.45) is 7.05 Å². The molecule has 0 aromatic carbocycles. The van der Waals surface area contributed by atoms with Crippen LogP contribution in [-0.2, 0) is 7.05 Å². The van der Waals surface area contributed by atoms with Crippen molar-refractivity contribution in [3.8, 4) is 0 Å². The molecular weight excluding hydrogens is 164 g/mol. The number of nitrogens with zero attached hydrogens (tertiary/aromatic N) is 1. The Balaban J connectivity index is 2.23. The van der Waals surface area contributed by atoms with Crippen LogP contribution in [0.25, 0.3) is 0 Å². The van der Waals surface area contributed by atoms with E-state index < -0.39 is 0 Å². The average molecular weight is 180 g/mol. The second-order valence-corrected chi connectivity index (χ2v) is 3.97. The predicted octanol–water partition coefficient (Wildman–Crippen LogP) is 1.76. The molecule has 0 spiro atoms. The van der Waals surface area contributed by atoms with Crippen molar-refractivity contribution in [2.45, 2.75) is 38.0 Å². The Labute approximate surface area is 77.7 Å². The average Bonchev–Trinajstić information content (AvgIpc) is 2.47. The summed E-state index contributed by atoms with van der Waals surface area (Å²) in [6, 6.07) is 0. The molecule has 3 nitrogen and oxygen atoms in total. The Kier molecular flexibility index (Phi) is 2.25. The van der Waals surface area contributed by atoms with Gasteiger partial charge in [0, 0.05) is 18.8 Å². The molecule has 1 aliphatic rings. The molecule has 1 aromatic heterocycles. The molecule has 2 rings (SSSR count). The van der Waals surface area contributed by atoms with Crippen LogP contribution >= 0.6 is 0 Å². The number of nitrogens with one attached hydrogen (secondary N) is 1. The van der Waals surface area contributed by atoms with Gasteiger partial charge in [-0.2, -0.15) is 0 Å². The molecule has 0 unspecified atom stereocenters. The molecule has 0 amide bonds. The van der Waals surface area contributed by atoms with Gasteiger partial charge in [0.05, 0.1) is 0 Å². The zero-order valence-corrected chi connectivity index (χ0v) is 8.05. The van der Waals surface area contributed by atoms with Gasteiger partial charge in [-0.25, -0.2) is 0 Å². The van der Waals surface area contributed by atoms with Crippen LogP contribution in [0.3, 0.4) is 0 Å². The highest BCUT2D eigenvalue weighted by atomic mass is 16.1. The van der Waals surface area contributed by atoms with Gasteiger partial charge in [-0.3, -0.25) is 14.6 Å². The molecule has 3 heteroatoms. The molecule has 1 heterocycles. The molecule has 0 radical (unpaired) electrons. The van der Waals surface area contributed by atoms with Crippen molar-refractivity contribution in [1.29, 1.82) is 0 Å². The lowest BCUT2D eigenvalue weighted by Gasteiger charge is -2.19. The molecule has 1 saturated carbocycles. The highest BCUT2D eigenvalue weighted by molar-refractivity contribution is 5.12. The molecular formula is C10H16N2O. The lowest BCUT2D eigenvalue weighted by atomic mass is 9.85. The Hall–Kier alpha value is -0.990. The molecule has 0 bridgehead atoms. The maximum atomic E-state index is 11.5. The van der Waals surface area contributed by atoms with E-state index >= 15 is 0 Å². The minimum atomic E-state index is 0.106. The van der Waals surface area contributed by atoms with Crippen molar-refractivity contribution in [2.75, 3.05) is 0 Å². The molecule has 1 N–H and O–H groups in total. The van der Waals surface area contributed by atoms with Crippen LogP contribution in [0.1, 0.15) is 43.6 Å². The summed E-state index contributed by atoms with van der Waals surface area (Å²) in [6.45, 7) is 0. The van der Waals surface area contributed by atoms with Crippen LogP contribution in [0.5, 0.6) is 0 Å². The largest absolute Gasteiger partial charge is 0.295 e. The van der Waals surface area contributed by atoms with Crippen LogP contribution in [-0.4, -0.2) is 9.78 Å². The summed E-state index contributed by atoms with van der Waals surface area (Å²) < 4.78 is 1.76. The van der Waals surface area contributed by atoms with Crippen molar-refractivity contribution < 1.29 is 0 Å². The molecule has 0 saturated heterocycles. The fraction of sp³-hybridized carbons (Fsp3) is 0.700. The molecule has 1 fully saturated rings. The first kappa shape index (κ1) is 8.60. The van der Waals surface area contributed by atoms with E-state index in [9.17, 15) is 4.79 Å². The fourth-order valence-corrected chi connectivity index (χ4v) is 2.23. The molecule has 0 atom stereocenters. The Morgan fingerprint density at radius 1 is 1.38 bits per heavy atom. The number of rotatable bonds is 1. The maximum absolute atomic E-state index is 11.5. The van der Waals surface area contributed by atoms with E-state index in [2.05, 4.69) is 5.10 Å². The van der Waals surface area contributed by atoms with Crippen LogP contribution in [0, 0.1) is 0 Å². The summed E-state index contributed by atoms with van der Waals surface area (Å²) >= 11 is 0. The Morgan fingerprint density at radius 3 is 2.62 bits per heavy atom. The van der Waals surface area contributed by atoms with Crippen molar-refractivity contribution in [3.05, 3.63) is 22.1 Å². The number of H-pyrrole nitrogens is 1. The molecule has 0 aliphatic heterocycles. The lowest BCUT2D eigenvalue weighted by Crippen LogP contribution is -2.13. The van der Waals surface area contributed by atoms with Crippen molar-refractivity contribution in [1.82, 2.24) is 9.78 Å². The van der Waals surface area contributed by atoms with E-state index in [0.29, 0.717) is 5.92 Å². The first-order chi connectivity index (χ1) is 6.27. The quantitative estimate of drug-likeness (QED) is 0.702. The van der Waals surface area contributed by atoms with Crippen LogP contribution in [0.4, 0.5) is 0 Å². The first-order valence-corrected chi connectivity index (χ1v) is 5.03.